The largest absolute Gasteiger partial charge is 0.383 e. The van der Waals surface area contributed by atoms with Gasteiger partial charge in [-0.25, -0.2) is 0 Å². The van der Waals surface area contributed by atoms with Crippen molar-refractivity contribution in [3.05, 3.63) is 60.2 Å². The van der Waals surface area contributed by atoms with Crippen LogP contribution >= 0.6 is 0 Å². The first-order chi connectivity index (χ1) is 10.3. The smallest absolute Gasteiger partial charge is 0.0366 e. The minimum absolute atomic E-state index is 0.960. The lowest BCUT2D eigenvalue weighted by molar-refractivity contribution is 0.722. The summed E-state index contributed by atoms with van der Waals surface area (Å²) < 4.78 is 0. The zero-order valence-corrected chi connectivity index (χ0v) is 13.2. The van der Waals surface area contributed by atoms with Crippen LogP contribution in [0.5, 0.6) is 0 Å². The zero-order valence-electron chi connectivity index (χ0n) is 13.2. The lowest BCUT2D eigenvalue weighted by Gasteiger charge is -2.25. The summed E-state index contributed by atoms with van der Waals surface area (Å²) >= 11 is 0. The molecule has 0 saturated carbocycles. The van der Waals surface area contributed by atoms with E-state index in [4.69, 9.17) is 0 Å². The van der Waals surface area contributed by atoms with Crippen molar-refractivity contribution in [1.82, 2.24) is 0 Å². The Balaban J connectivity index is 1.90. The standard InChI is InChI=1S/C19H26N2/c1-3-4-14-21(19-11-6-5-7-12-19)15-13-20-18-10-8-9-17(2)16-18/h5-12,16,20H,3-4,13-15H2,1-2H3. The number of nitrogens with zero attached hydrogens (tertiary/aromatic N) is 1. The summed E-state index contributed by atoms with van der Waals surface area (Å²) in [5.41, 5.74) is 3.82. The molecule has 21 heavy (non-hydrogen) atoms. The predicted octanol–water partition coefficient (Wildman–Crippen LogP) is 4.71. The molecule has 2 aromatic carbocycles. The Hall–Kier alpha value is -1.96. The summed E-state index contributed by atoms with van der Waals surface area (Å²) in [4.78, 5) is 2.46. The van der Waals surface area contributed by atoms with Crippen LogP contribution in [0.2, 0.25) is 0 Å². The van der Waals surface area contributed by atoms with Crippen molar-refractivity contribution in [2.45, 2.75) is 26.7 Å². The van der Waals surface area contributed by atoms with Gasteiger partial charge in [-0.15, -0.1) is 0 Å². The van der Waals surface area contributed by atoms with Gasteiger partial charge in [0.25, 0.3) is 0 Å². The Morgan fingerprint density at radius 2 is 1.76 bits per heavy atom. The van der Waals surface area contributed by atoms with Crippen molar-refractivity contribution in [3.8, 4) is 0 Å². The molecule has 0 unspecified atom stereocenters. The van der Waals surface area contributed by atoms with Crippen LogP contribution in [0.25, 0.3) is 0 Å². The van der Waals surface area contributed by atoms with Crippen molar-refractivity contribution in [2.75, 3.05) is 29.9 Å². The maximum absolute atomic E-state index is 3.52. The van der Waals surface area contributed by atoms with E-state index in [9.17, 15) is 0 Å². The van der Waals surface area contributed by atoms with Crippen LogP contribution in [0.1, 0.15) is 25.3 Å². The maximum atomic E-state index is 3.52. The quantitative estimate of drug-likeness (QED) is 0.754. The molecule has 0 aliphatic rings. The van der Waals surface area contributed by atoms with Crippen LogP contribution < -0.4 is 10.2 Å². The van der Waals surface area contributed by atoms with Gasteiger partial charge in [-0.3, -0.25) is 0 Å². The van der Waals surface area contributed by atoms with E-state index in [2.05, 4.69) is 78.7 Å². The molecule has 2 heteroatoms. The van der Waals surface area contributed by atoms with Crippen molar-refractivity contribution in [1.29, 1.82) is 0 Å². The predicted molar refractivity (Wildman–Crippen MR) is 93.2 cm³/mol. The van der Waals surface area contributed by atoms with E-state index >= 15 is 0 Å². The van der Waals surface area contributed by atoms with E-state index in [0.717, 1.165) is 19.6 Å². The van der Waals surface area contributed by atoms with Crippen LogP contribution in [0, 0.1) is 6.92 Å². The highest BCUT2D eigenvalue weighted by Gasteiger charge is 2.05. The minimum Gasteiger partial charge on any atom is -0.383 e. The number of hydrogen-bond donors (Lipinski definition) is 1. The first-order valence-corrected chi connectivity index (χ1v) is 7.90. The summed E-state index contributed by atoms with van der Waals surface area (Å²) in [6, 6.07) is 19.2. The van der Waals surface area contributed by atoms with E-state index in [1.165, 1.54) is 29.8 Å². The molecule has 0 amide bonds. The molecule has 0 aliphatic carbocycles. The van der Waals surface area contributed by atoms with Gasteiger partial charge in [0, 0.05) is 31.0 Å². The van der Waals surface area contributed by atoms with Crippen LogP contribution in [0.3, 0.4) is 0 Å². The van der Waals surface area contributed by atoms with Gasteiger partial charge in [-0.1, -0.05) is 43.7 Å². The fourth-order valence-electron chi connectivity index (χ4n) is 2.45. The molecule has 0 fully saturated rings. The Bertz CT molecular complexity index is 522. The van der Waals surface area contributed by atoms with Crippen molar-refractivity contribution in [3.63, 3.8) is 0 Å². The van der Waals surface area contributed by atoms with Crippen LogP contribution in [-0.4, -0.2) is 19.6 Å². The first-order valence-electron chi connectivity index (χ1n) is 7.90. The van der Waals surface area contributed by atoms with Gasteiger partial charge < -0.3 is 10.2 Å². The van der Waals surface area contributed by atoms with Crippen molar-refractivity contribution >= 4 is 11.4 Å². The maximum Gasteiger partial charge on any atom is 0.0366 e. The summed E-state index contributed by atoms with van der Waals surface area (Å²) in [6.45, 7) is 7.48. The first kappa shape index (κ1) is 15.4. The second kappa shape index (κ2) is 8.35. The summed E-state index contributed by atoms with van der Waals surface area (Å²) in [7, 11) is 0. The van der Waals surface area contributed by atoms with E-state index in [1.54, 1.807) is 0 Å². The number of nitrogens with one attached hydrogen (secondary N) is 1. The van der Waals surface area contributed by atoms with Crippen molar-refractivity contribution < 1.29 is 0 Å². The van der Waals surface area contributed by atoms with Gasteiger partial charge in [0.15, 0.2) is 0 Å². The molecular formula is C19H26N2. The summed E-state index contributed by atoms with van der Waals surface area (Å²) in [5.74, 6) is 0. The summed E-state index contributed by atoms with van der Waals surface area (Å²) in [6.07, 6.45) is 2.47. The second-order valence-corrected chi connectivity index (χ2v) is 5.47. The number of hydrogen-bond acceptors (Lipinski definition) is 2. The van der Waals surface area contributed by atoms with Gasteiger partial charge in [0.1, 0.15) is 0 Å². The van der Waals surface area contributed by atoms with Crippen LogP contribution in [0.15, 0.2) is 54.6 Å². The highest BCUT2D eigenvalue weighted by molar-refractivity contribution is 5.48. The average Bonchev–Trinajstić information content (AvgIpc) is 2.51. The zero-order chi connectivity index (χ0) is 14.9. The third-order valence-corrected chi connectivity index (χ3v) is 3.63. The number of benzene rings is 2. The van der Waals surface area contributed by atoms with Gasteiger partial charge in [0.2, 0.25) is 0 Å². The second-order valence-electron chi connectivity index (χ2n) is 5.47. The number of anilines is 2. The Kier molecular flexibility index (Phi) is 6.14. The van der Waals surface area contributed by atoms with Crippen molar-refractivity contribution in [2.24, 2.45) is 0 Å². The van der Waals surface area contributed by atoms with Gasteiger partial charge in [0.05, 0.1) is 0 Å². The number of rotatable bonds is 8. The fraction of sp³-hybridized carbons (Fsp3) is 0.368. The van der Waals surface area contributed by atoms with E-state index in [-0.39, 0.29) is 0 Å². The number of para-hydroxylation sites is 1. The molecule has 0 aliphatic heterocycles. The highest BCUT2D eigenvalue weighted by Crippen LogP contribution is 2.14. The SMILES string of the molecule is CCCCN(CCNc1cccc(C)c1)c1ccccc1. The molecule has 0 atom stereocenters. The number of aryl methyl sites for hydroxylation is 1. The molecule has 2 aromatic rings. The van der Waals surface area contributed by atoms with Gasteiger partial charge >= 0.3 is 0 Å². The lowest BCUT2D eigenvalue weighted by atomic mass is 10.2. The van der Waals surface area contributed by atoms with Gasteiger partial charge in [-0.05, 0) is 43.2 Å². The Morgan fingerprint density at radius 3 is 2.48 bits per heavy atom. The third-order valence-electron chi connectivity index (χ3n) is 3.63. The Morgan fingerprint density at radius 1 is 0.952 bits per heavy atom. The molecule has 112 valence electrons. The lowest BCUT2D eigenvalue weighted by Crippen LogP contribution is -2.30. The molecule has 2 rings (SSSR count). The average molecular weight is 282 g/mol. The molecule has 0 bridgehead atoms. The summed E-state index contributed by atoms with van der Waals surface area (Å²) in [5, 5.41) is 3.52. The molecule has 0 saturated heterocycles. The van der Waals surface area contributed by atoms with Crippen LogP contribution in [0.4, 0.5) is 11.4 Å². The molecule has 0 heterocycles. The molecule has 2 nitrogen and oxygen atoms in total. The number of unbranched alkanes of at least 4 members (excludes halogenated alkanes) is 1. The molecule has 1 N–H and O–H groups in total. The molecule has 0 aromatic heterocycles. The molecular weight excluding hydrogens is 256 g/mol. The van der Waals surface area contributed by atoms with E-state index < -0.39 is 0 Å². The highest BCUT2D eigenvalue weighted by atomic mass is 15.1. The monoisotopic (exact) mass is 282 g/mol. The topological polar surface area (TPSA) is 15.3 Å². The van der Waals surface area contributed by atoms with Crippen LogP contribution in [-0.2, 0) is 0 Å². The van der Waals surface area contributed by atoms with Gasteiger partial charge in [-0.2, -0.15) is 0 Å². The fourth-order valence-corrected chi connectivity index (χ4v) is 2.45. The normalized spacial score (nSPS) is 10.4. The van der Waals surface area contributed by atoms with E-state index in [1.807, 2.05) is 0 Å². The van der Waals surface area contributed by atoms with E-state index in [0.29, 0.717) is 0 Å². The third kappa shape index (κ3) is 5.14. The molecule has 0 spiro atoms. The minimum atomic E-state index is 0.960. The molecule has 0 radical (unpaired) electrons. The Labute approximate surface area is 128 Å².